The number of rotatable bonds is 4. The molecule has 0 aromatic heterocycles. The van der Waals surface area contributed by atoms with Crippen molar-refractivity contribution in [2.75, 3.05) is 0 Å². The fraction of sp³-hybridized carbons (Fsp3) is 1.00. The van der Waals surface area contributed by atoms with Gasteiger partial charge in [-0.3, -0.25) is 0 Å². The standard InChI is InChI=1S/C9H21N/c1-5-7-8(6-2)9(3,4)10/h8H,5-7,10H2,1-4H3. The minimum atomic E-state index is 0.0186. The molecule has 0 amide bonds. The summed E-state index contributed by atoms with van der Waals surface area (Å²) in [5, 5.41) is 0. The van der Waals surface area contributed by atoms with Crippen LogP contribution in [0, 0.1) is 5.92 Å². The second-order valence-electron chi connectivity index (χ2n) is 3.72. The summed E-state index contributed by atoms with van der Waals surface area (Å²) in [5.41, 5.74) is 5.99. The number of hydrogen-bond acceptors (Lipinski definition) is 1. The van der Waals surface area contributed by atoms with E-state index in [0.29, 0.717) is 5.92 Å². The zero-order valence-electron chi connectivity index (χ0n) is 7.78. The highest BCUT2D eigenvalue weighted by atomic mass is 14.7. The van der Waals surface area contributed by atoms with E-state index in [-0.39, 0.29) is 5.54 Å². The Labute approximate surface area is 65.0 Å². The molecular formula is C9H21N. The van der Waals surface area contributed by atoms with Gasteiger partial charge < -0.3 is 5.73 Å². The average Bonchev–Trinajstić information content (AvgIpc) is 1.80. The lowest BCUT2D eigenvalue weighted by Gasteiger charge is -2.29. The molecule has 0 rings (SSSR count). The van der Waals surface area contributed by atoms with E-state index in [4.69, 9.17) is 5.73 Å². The summed E-state index contributed by atoms with van der Waals surface area (Å²) in [6.45, 7) is 8.68. The molecule has 1 unspecified atom stereocenters. The van der Waals surface area contributed by atoms with Gasteiger partial charge in [0.1, 0.15) is 0 Å². The van der Waals surface area contributed by atoms with Gasteiger partial charge in [0.2, 0.25) is 0 Å². The van der Waals surface area contributed by atoms with E-state index in [1.54, 1.807) is 0 Å². The van der Waals surface area contributed by atoms with Crippen LogP contribution in [0.4, 0.5) is 0 Å². The van der Waals surface area contributed by atoms with Gasteiger partial charge in [0.25, 0.3) is 0 Å². The summed E-state index contributed by atoms with van der Waals surface area (Å²) in [5.74, 6) is 0.692. The predicted molar refractivity (Wildman–Crippen MR) is 47.0 cm³/mol. The summed E-state index contributed by atoms with van der Waals surface area (Å²) in [4.78, 5) is 0. The quantitative estimate of drug-likeness (QED) is 0.643. The van der Waals surface area contributed by atoms with Crippen molar-refractivity contribution >= 4 is 0 Å². The van der Waals surface area contributed by atoms with E-state index in [9.17, 15) is 0 Å². The molecule has 0 aliphatic carbocycles. The monoisotopic (exact) mass is 143 g/mol. The molecule has 0 fully saturated rings. The first-order valence-corrected chi connectivity index (χ1v) is 4.31. The van der Waals surface area contributed by atoms with E-state index in [1.807, 2.05) is 0 Å². The Morgan fingerprint density at radius 2 is 1.80 bits per heavy atom. The van der Waals surface area contributed by atoms with Gasteiger partial charge in [0.15, 0.2) is 0 Å². The highest BCUT2D eigenvalue weighted by Crippen LogP contribution is 2.21. The lowest BCUT2D eigenvalue weighted by Crippen LogP contribution is -2.40. The van der Waals surface area contributed by atoms with Crippen LogP contribution in [-0.4, -0.2) is 5.54 Å². The van der Waals surface area contributed by atoms with Gasteiger partial charge in [-0.1, -0.05) is 26.7 Å². The molecule has 0 saturated heterocycles. The highest BCUT2D eigenvalue weighted by molar-refractivity contribution is 4.80. The van der Waals surface area contributed by atoms with E-state index < -0.39 is 0 Å². The molecule has 0 heterocycles. The molecule has 0 aliphatic rings. The maximum atomic E-state index is 5.98. The molecular weight excluding hydrogens is 122 g/mol. The van der Waals surface area contributed by atoms with E-state index in [0.717, 1.165) is 0 Å². The first kappa shape index (κ1) is 9.96. The number of nitrogens with two attached hydrogens (primary N) is 1. The van der Waals surface area contributed by atoms with Gasteiger partial charge in [-0.2, -0.15) is 0 Å². The van der Waals surface area contributed by atoms with Crippen LogP contribution in [-0.2, 0) is 0 Å². The molecule has 62 valence electrons. The largest absolute Gasteiger partial charge is 0.325 e. The first-order chi connectivity index (χ1) is 4.52. The van der Waals surface area contributed by atoms with Crippen LogP contribution in [0.15, 0.2) is 0 Å². The van der Waals surface area contributed by atoms with Gasteiger partial charge in [0, 0.05) is 5.54 Å². The Balaban J connectivity index is 3.81. The van der Waals surface area contributed by atoms with Crippen LogP contribution >= 0.6 is 0 Å². The molecule has 0 spiro atoms. The van der Waals surface area contributed by atoms with Gasteiger partial charge in [-0.25, -0.2) is 0 Å². The Morgan fingerprint density at radius 3 is 1.90 bits per heavy atom. The average molecular weight is 143 g/mol. The summed E-state index contributed by atoms with van der Waals surface area (Å²) in [6.07, 6.45) is 3.72. The fourth-order valence-corrected chi connectivity index (χ4v) is 1.45. The summed E-state index contributed by atoms with van der Waals surface area (Å²) >= 11 is 0. The van der Waals surface area contributed by atoms with Crippen molar-refractivity contribution in [2.24, 2.45) is 11.7 Å². The van der Waals surface area contributed by atoms with Crippen molar-refractivity contribution in [3.63, 3.8) is 0 Å². The SMILES string of the molecule is CCCC(CC)C(C)(C)N. The summed E-state index contributed by atoms with van der Waals surface area (Å²) in [6, 6.07) is 0. The topological polar surface area (TPSA) is 26.0 Å². The van der Waals surface area contributed by atoms with Crippen LogP contribution in [0.25, 0.3) is 0 Å². The second kappa shape index (κ2) is 3.97. The zero-order chi connectivity index (χ0) is 8.20. The Kier molecular flexibility index (Phi) is 3.95. The Hall–Kier alpha value is -0.0400. The molecule has 0 radical (unpaired) electrons. The molecule has 1 heteroatoms. The lowest BCUT2D eigenvalue weighted by atomic mass is 9.83. The predicted octanol–water partition coefficient (Wildman–Crippen LogP) is 2.55. The fourth-order valence-electron chi connectivity index (χ4n) is 1.45. The Bertz CT molecular complexity index is 81.2. The molecule has 1 atom stereocenters. The molecule has 0 bridgehead atoms. The Morgan fingerprint density at radius 1 is 1.30 bits per heavy atom. The molecule has 0 aromatic rings. The summed E-state index contributed by atoms with van der Waals surface area (Å²) in [7, 11) is 0. The maximum absolute atomic E-state index is 5.98. The van der Waals surface area contributed by atoms with Crippen molar-refractivity contribution < 1.29 is 0 Å². The second-order valence-corrected chi connectivity index (χ2v) is 3.72. The molecule has 2 N–H and O–H groups in total. The third-order valence-electron chi connectivity index (χ3n) is 2.18. The van der Waals surface area contributed by atoms with Crippen molar-refractivity contribution in [2.45, 2.75) is 52.5 Å². The van der Waals surface area contributed by atoms with Gasteiger partial charge in [-0.15, -0.1) is 0 Å². The maximum Gasteiger partial charge on any atom is 0.0125 e. The molecule has 0 aromatic carbocycles. The zero-order valence-corrected chi connectivity index (χ0v) is 7.78. The lowest BCUT2D eigenvalue weighted by molar-refractivity contribution is 0.290. The van der Waals surface area contributed by atoms with Gasteiger partial charge >= 0.3 is 0 Å². The van der Waals surface area contributed by atoms with Crippen LogP contribution in [0.2, 0.25) is 0 Å². The number of hydrogen-bond donors (Lipinski definition) is 1. The van der Waals surface area contributed by atoms with Crippen LogP contribution < -0.4 is 5.73 Å². The molecule has 0 saturated carbocycles. The minimum absolute atomic E-state index is 0.0186. The van der Waals surface area contributed by atoms with Gasteiger partial charge in [-0.05, 0) is 26.2 Å². The smallest absolute Gasteiger partial charge is 0.0125 e. The van der Waals surface area contributed by atoms with Crippen LogP contribution in [0.3, 0.4) is 0 Å². The van der Waals surface area contributed by atoms with Crippen molar-refractivity contribution in [1.82, 2.24) is 0 Å². The van der Waals surface area contributed by atoms with Gasteiger partial charge in [0.05, 0.1) is 0 Å². The third kappa shape index (κ3) is 3.21. The third-order valence-corrected chi connectivity index (χ3v) is 2.18. The first-order valence-electron chi connectivity index (χ1n) is 4.31. The van der Waals surface area contributed by atoms with Crippen molar-refractivity contribution in [3.05, 3.63) is 0 Å². The molecule has 1 nitrogen and oxygen atoms in total. The van der Waals surface area contributed by atoms with E-state index in [2.05, 4.69) is 27.7 Å². The van der Waals surface area contributed by atoms with Crippen molar-refractivity contribution in [1.29, 1.82) is 0 Å². The highest BCUT2D eigenvalue weighted by Gasteiger charge is 2.21. The van der Waals surface area contributed by atoms with Crippen LogP contribution in [0.1, 0.15) is 47.0 Å². The van der Waals surface area contributed by atoms with Crippen molar-refractivity contribution in [3.8, 4) is 0 Å². The molecule has 10 heavy (non-hydrogen) atoms. The molecule has 0 aliphatic heterocycles. The van der Waals surface area contributed by atoms with E-state index in [1.165, 1.54) is 19.3 Å². The normalized spacial score (nSPS) is 15.3. The summed E-state index contributed by atoms with van der Waals surface area (Å²) < 4.78 is 0. The minimum Gasteiger partial charge on any atom is -0.325 e. The van der Waals surface area contributed by atoms with Crippen LogP contribution in [0.5, 0.6) is 0 Å². The van der Waals surface area contributed by atoms with E-state index >= 15 is 0 Å².